The molecule has 0 radical (unpaired) electrons. The second kappa shape index (κ2) is 3.08. The summed E-state index contributed by atoms with van der Waals surface area (Å²) < 4.78 is 0. The molecule has 0 bridgehead atoms. The first-order chi connectivity index (χ1) is 3.30. The molecule has 0 aromatic heterocycles. The molecule has 1 fully saturated rings. The van der Waals surface area contributed by atoms with Gasteiger partial charge in [-0.15, -0.1) is 0 Å². The van der Waals surface area contributed by atoms with Gasteiger partial charge in [0.1, 0.15) is 0 Å². The van der Waals surface area contributed by atoms with Gasteiger partial charge in [-0.25, -0.2) is 0 Å². The van der Waals surface area contributed by atoms with Crippen molar-refractivity contribution in [1.82, 2.24) is 4.90 Å². The van der Waals surface area contributed by atoms with Crippen LogP contribution in [0, 0.1) is 0 Å². The van der Waals surface area contributed by atoms with E-state index in [0.717, 1.165) is 6.04 Å². The van der Waals surface area contributed by atoms with E-state index in [0.29, 0.717) is 0 Å². The zero-order valence-corrected chi connectivity index (χ0v) is 5.15. The van der Waals surface area contributed by atoms with Gasteiger partial charge in [-0.2, -0.15) is 0 Å². The highest BCUT2D eigenvalue weighted by molar-refractivity contribution is 4.70. The van der Waals surface area contributed by atoms with Crippen LogP contribution in [0.3, 0.4) is 0 Å². The molecule has 1 atom stereocenters. The molecular formula is C7H17N. The fraction of sp³-hybridized carbons (Fsp3) is 1.00. The first-order valence-corrected chi connectivity index (χ1v) is 3.01. The van der Waals surface area contributed by atoms with Crippen LogP contribution in [-0.2, 0) is 0 Å². The van der Waals surface area contributed by atoms with Gasteiger partial charge in [0.05, 0.1) is 0 Å². The molecule has 1 heterocycles. The summed E-state index contributed by atoms with van der Waals surface area (Å²) in [6.07, 6.45) is 2.80. The SMILES string of the molecule is C.C[C@H]1CCCN1C. The number of hydrogen-bond donors (Lipinski definition) is 0. The molecular weight excluding hydrogens is 98.1 g/mol. The van der Waals surface area contributed by atoms with Crippen molar-refractivity contribution in [2.75, 3.05) is 13.6 Å². The largest absolute Gasteiger partial charge is 0.304 e. The zero-order chi connectivity index (χ0) is 5.28. The van der Waals surface area contributed by atoms with Gasteiger partial charge in [0, 0.05) is 6.04 Å². The van der Waals surface area contributed by atoms with Crippen molar-refractivity contribution in [2.24, 2.45) is 0 Å². The van der Waals surface area contributed by atoms with E-state index in [2.05, 4.69) is 18.9 Å². The van der Waals surface area contributed by atoms with Crippen molar-refractivity contribution < 1.29 is 0 Å². The molecule has 0 aromatic rings. The molecule has 8 heavy (non-hydrogen) atoms. The zero-order valence-electron chi connectivity index (χ0n) is 5.15. The predicted molar refractivity (Wildman–Crippen MR) is 38.1 cm³/mol. The van der Waals surface area contributed by atoms with Gasteiger partial charge >= 0.3 is 0 Å². The monoisotopic (exact) mass is 115 g/mol. The highest BCUT2D eigenvalue weighted by Crippen LogP contribution is 2.12. The minimum absolute atomic E-state index is 0. The average Bonchev–Trinajstić information content (AvgIpc) is 1.91. The Kier molecular flexibility index (Phi) is 3.06. The number of likely N-dealkylation sites (tertiary alicyclic amines) is 1. The molecule has 1 aliphatic rings. The highest BCUT2D eigenvalue weighted by Gasteiger charge is 2.14. The van der Waals surface area contributed by atoms with Crippen LogP contribution in [0.5, 0.6) is 0 Å². The van der Waals surface area contributed by atoms with Gasteiger partial charge in [0.15, 0.2) is 0 Å². The lowest BCUT2D eigenvalue weighted by molar-refractivity contribution is 0.331. The Balaban J connectivity index is 0.000000490. The van der Waals surface area contributed by atoms with Crippen molar-refractivity contribution >= 4 is 0 Å². The molecule has 1 heteroatoms. The Morgan fingerprint density at radius 2 is 2.12 bits per heavy atom. The maximum absolute atomic E-state index is 2.40. The van der Waals surface area contributed by atoms with Gasteiger partial charge in [-0.1, -0.05) is 7.43 Å². The minimum atomic E-state index is 0. The summed E-state index contributed by atoms with van der Waals surface area (Å²) in [5.74, 6) is 0. The first kappa shape index (κ1) is 7.96. The maximum atomic E-state index is 2.40. The molecule has 0 spiro atoms. The summed E-state index contributed by atoms with van der Waals surface area (Å²) in [6, 6.07) is 0.847. The van der Waals surface area contributed by atoms with Crippen LogP contribution >= 0.6 is 0 Å². The van der Waals surface area contributed by atoms with Crippen LogP contribution in [0.25, 0.3) is 0 Å². The lowest BCUT2D eigenvalue weighted by atomic mass is 10.3. The van der Waals surface area contributed by atoms with Gasteiger partial charge in [-0.05, 0) is 33.4 Å². The second-order valence-electron chi connectivity index (χ2n) is 2.47. The molecule has 0 aliphatic carbocycles. The third-order valence-electron chi connectivity index (χ3n) is 1.89. The summed E-state index contributed by atoms with van der Waals surface area (Å²) in [4.78, 5) is 2.40. The summed E-state index contributed by atoms with van der Waals surface area (Å²) in [6.45, 7) is 3.59. The van der Waals surface area contributed by atoms with E-state index in [-0.39, 0.29) is 7.43 Å². The quantitative estimate of drug-likeness (QED) is 0.465. The highest BCUT2D eigenvalue weighted by atomic mass is 15.1. The molecule has 1 saturated heterocycles. The van der Waals surface area contributed by atoms with Crippen molar-refractivity contribution in [1.29, 1.82) is 0 Å². The number of hydrogen-bond acceptors (Lipinski definition) is 1. The third kappa shape index (κ3) is 1.48. The van der Waals surface area contributed by atoms with E-state index in [9.17, 15) is 0 Å². The van der Waals surface area contributed by atoms with E-state index in [4.69, 9.17) is 0 Å². The van der Waals surface area contributed by atoms with Crippen molar-refractivity contribution in [3.8, 4) is 0 Å². The molecule has 0 amide bonds. The molecule has 0 N–H and O–H groups in total. The van der Waals surface area contributed by atoms with Gasteiger partial charge in [-0.3, -0.25) is 0 Å². The van der Waals surface area contributed by atoms with Gasteiger partial charge < -0.3 is 4.90 Å². The van der Waals surface area contributed by atoms with Crippen LogP contribution in [0.2, 0.25) is 0 Å². The number of rotatable bonds is 0. The standard InChI is InChI=1S/C6H13N.CH4/c1-6-4-3-5-7(6)2;/h6H,3-5H2,1-2H3;1H4/t6-;/m0./s1. The second-order valence-corrected chi connectivity index (χ2v) is 2.47. The molecule has 0 unspecified atom stereocenters. The Bertz CT molecular complexity index is 53.4. The fourth-order valence-electron chi connectivity index (χ4n) is 1.08. The van der Waals surface area contributed by atoms with Crippen LogP contribution in [0.15, 0.2) is 0 Å². The van der Waals surface area contributed by atoms with E-state index < -0.39 is 0 Å². The van der Waals surface area contributed by atoms with E-state index in [1.54, 1.807) is 0 Å². The number of nitrogens with zero attached hydrogens (tertiary/aromatic N) is 1. The molecule has 0 aromatic carbocycles. The normalized spacial score (nSPS) is 30.0. The molecule has 1 nitrogen and oxygen atoms in total. The first-order valence-electron chi connectivity index (χ1n) is 3.01. The molecule has 0 saturated carbocycles. The van der Waals surface area contributed by atoms with Crippen molar-refractivity contribution in [3.05, 3.63) is 0 Å². The molecule has 50 valence electrons. The summed E-state index contributed by atoms with van der Waals surface area (Å²) >= 11 is 0. The Labute approximate surface area is 52.7 Å². The van der Waals surface area contributed by atoms with E-state index >= 15 is 0 Å². The van der Waals surface area contributed by atoms with Gasteiger partial charge in [0.2, 0.25) is 0 Å². The minimum Gasteiger partial charge on any atom is -0.304 e. The third-order valence-corrected chi connectivity index (χ3v) is 1.89. The Morgan fingerprint density at radius 3 is 2.25 bits per heavy atom. The topological polar surface area (TPSA) is 3.24 Å². The maximum Gasteiger partial charge on any atom is 0.00643 e. The van der Waals surface area contributed by atoms with Crippen molar-refractivity contribution in [2.45, 2.75) is 33.2 Å². The van der Waals surface area contributed by atoms with E-state index in [1.165, 1.54) is 19.4 Å². The van der Waals surface area contributed by atoms with Crippen LogP contribution < -0.4 is 0 Å². The molecule has 1 rings (SSSR count). The lowest BCUT2D eigenvalue weighted by Crippen LogP contribution is -2.20. The predicted octanol–water partition coefficient (Wildman–Crippen LogP) is 1.74. The van der Waals surface area contributed by atoms with Gasteiger partial charge in [0.25, 0.3) is 0 Å². The van der Waals surface area contributed by atoms with Crippen molar-refractivity contribution in [3.63, 3.8) is 0 Å². The van der Waals surface area contributed by atoms with Crippen LogP contribution in [-0.4, -0.2) is 24.5 Å². The summed E-state index contributed by atoms with van der Waals surface area (Å²) in [5, 5.41) is 0. The Hall–Kier alpha value is -0.0400. The lowest BCUT2D eigenvalue weighted by Gasteiger charge is -2.12. The smallest absolute Gasteiger partial charge is 0.00643 e. The van der Waals surface area contributed by atoms with E-state index in [1.807, 2.05) is 0 Å². The molecule has 1 aliphatic heterocycles. The van der Waals surface area contributed by atoms with Crippen LogP contribution in [0.4, 0.5) is 0 Å². The summed E-state index contributed by atoms with van der Waals surface area (Å²) in [7, 11) is 2.19. The summed E-state index contributed by atoms with van der Waals surface area (Å²) in [5.41, 5.74) is 0. The van der Waals surface area contributed by atoms with Crippen LogP contribution in [0.1, 0.15) is 27.2 Å². The Morgan fingerprint density at radius 1 is 1.50 bits per heavy atom. The fourth-order valence-corrected chi connectivity index (χ4v) is 1.08. The average molecular weight is 115 g/mol.